The van der Waals surface area contributed by atoms with Crippen LogP contribution in [0.1, 0.15) is 53.4 Å². The Hall–Kier alpha value is -0.610. The van der Waals surface area contributed by atoms with Crippen LogP contribution in [0.5, 0.6) is 0 Å². The van der Waals surface area contributed by atoms with Gasteiger partial charge in [-0.1, -0.05) is 13.8 Å². The van der Waals surface area contributed by atoms with Gasteiger partial charge in [-0.2, -0.15) is 0 Å². The minimum Gasteiger partial charge on any atom is -0.353 e. The molecule has 0 aromatic heterocycles. The van der Waals surface area contributed by atoms with E-state index in [1.54, 1.807) is 0 Å². The lowest BCUT2D eigenvalue weighted by atomic mass is 9.99. The van der Waals surface area contributed by atoms with Crippen LogP contribution in [0, 0.1) is 5.92 Å². The van der Waals surface area contributed by atoms with Crippen molar-refractivity contribution in [2.75, 3.05) is 13.1 Å². The van der Waals surface area contributed by atoms with Gasteiger partial charge in [-0.15, -0.1) is 0 Å². The molecule has 1 aliphatic rings. The van der Waals surface area contributed by atoms with Gasteiger partial charge in [0, 0.05) is 24.7 Å². The fourth-order valence-electron chi connectivity index (χ4n) is 2.65. The van der Waals surface area contributed by atoms with Crippen molar-refractivity contribution in [3.63, 3.8) is 0 Å². The van der Waals surface area contributed by atoms with Crippen molar-refractivity contribution in [2.45, 2.75) is 71.5 Å². The predicted molar refractivity (Wildman–Crippen MR) is 79.9 cm³/mol. The van der Waals surface area contributed by atoms with Crippen LogP contribution in [0.15, 0.2) is 0 Å². The summed E-state index contributed by atoms with van der Waals surface area (Å²) in [6.45, 7) is 10.1. The van der Waals surface area contributed by atoms with Crippen molar-refractivity contribution in [1.29, 1.82) is 0 Å². The summed E-state index contributed by atoms with van der Waals surface area (Å²) in [4.78, 5) is 14.3. The second-order valence-electron chi connectivity index (χ2n) is 6.54. The molecule has 112 valence electrons. The standard InChI is InChI=1S/C15H31N3O/c1-11(2)5-6-12(3)17-15(19)10-18-8-7-14(16)9-13(18)4/h11-14H,5-10,16H2,1-4H3,(H,17,19). The van der Waals surface area contributed by atoms with Crippen molar-refractivity contribution in [3.8, 4) is 0 Å². The highest BCUT2D eigenvalue weighted by Gasteiger charge is 2.24. The van der Waals surface area contributed by atoms with Crippen LogP contribution in [-0.4, -0.2) is 42.0 Å². The number of nitrogens with one attached hydrogen (secondary N) is 1. The molecule has 0 spiro atoms. The highest BCUT2D eigenvalue weighted by Crippen LogP contribution is 2.15. The minimum absolute atomic E-state index is 0.151. The van der Waals surface area contributed by atoms with Gasteiger partial charge in [0.25, 0.3) is 0 Å². The molecule has 1 saturated heterocycles. The number of likely N-dealkylation sites (tertiary alicyclic amines) is 1. The molecule has 0 radical (unpaired) electrons. The zero-order valence-electron chi connectivity index (χ0n) is 13.0. The van der Waals surface area contributed by atoms with Crippen molar-refractivity contribution >= 4 is 5.91 Å². The van der Waals surface area contributed by atoms with E-state index < -0.39 is 0 Å². The second-order valence-corrected chi connectivity index (χ2v) is 6.54. The number of carbonyl (C=O) groups excluding carboxylic acids is 1. The Bertz CT molecular complexity index is 281. The van der Waals surface area contributed by atoms with Crippen molar-refractivity contribution < 1.29 is 4.79 Å². The van der Waals surface area contributed by atoms with E-state index in [9.17, 15) is 4.79 Å². The number of carbonyl (C=O) groups is 1. The molecule has 0 saturated carbocycles. The van der Waals surface area contributed by atoms with Gasteiger partial charge < -0.3 is 11.1 Å². The van der Waals surface area contributed by atoms with Crippen LogP contribution in [0.2, 0.25) is 0 Å². The highest BCUT2D eigenvalue weighted by molar-refractivity contribution is 5.78. The molecule has 3 atom stereocenters. The molecule has 0 aliphatic carbocycles. The first-order chi connectivity index (χ1) is 8.88. The molecule has 4 heteroatoms. The maximum absolute atomic E-state index is 12.0. The molecule has 1 fully saturated rings. The fraction of sp³-hybridized carbons (Fsp3) is 0.933. The molecule has 3 unspecified atom stereocenters. The summed E-state index contributed by atoms with van der Waals surface area (Å²) in [5.41, 5.74) is 5.94. The van der Waals surface area contributed by atoms with Crippen molar-refractivity contribution in [3.05, 3.63) is 0 Å². The van der Waals surface area contributed by atoms with Crippen LogP contribution in [0.3, 0.4) is 0 Å². The third-order valence-corrected chi connectivity index (χ3v) is 3.99. The number of piperidine rings is 1. The molecule has 1 aliphatic heterocycles. The first-order valence-corrected chi connectivity index (χ1v) is 7.67. The van der Waals surface area contributed by atoms with Crippen molar-refractivity contribution in [1.82, 2.24) is 10.2 Å². The Morgan fingerprint density at radius 1 is 1.37 bits per heavy atom. The molecule has 1 rings (SSSR count). The van der Waals surface area contributed by atoms with Crippen molar-refractivity contribution in [2.24, 2.45) is 11.7 Å². The predicted octanol–water partition coefficient (Wildman–Crippen LogP) is 1.74. The van der Waals surface area contributed by atoms with E-state index >= 15 is 0 Å². The minimum atomic E-state index is 0.151. The Kier molecular flexibility index (Phi) is 6.80. The average molecular weight is 269 g/mol. The first kappa shape index (κ1) is 16.4. The summed E-state index contributed by atoms with van der Waals surface area (Å²) in [6.07, 6.45) is 4.22. The Labute approximate surface area is 118 Å². The van der Waals surface area contributed by atoms with E-state index in [4.69, 9.17) is 5.73 Å². The summed E-state index contributed by atoms with van der Waals surface area (Å²) in [5, 5.41) is 3.10. The van der Waals surface area contributed by atoms with Gasteiger partial charge in [-0.25, -0.2) is 0 Å². The fourth-order valence-corrected chi connectivity index (χ4v) is 2.65. The quantitative estimate of drug-likeness (QED) is 0.772. The van der Waals surface area contributed by atoms with Gasteiger partial charge in [0.2, 0.25) is 5.91 Å². The van der Waals surface area contributed by atoms with Gasteiger partial charge in [0.05, 0.1) is 6.54 Å². The number of rotatable bonds is 6. The SMILES string of the molecule is CC(C)CCC(C)NC(=O)CN1CCC(N)CC1C. The average Bonchev–Trinajstić information content (AvgIpc) is 2.30. The molecule has 4 nitrogen and oxygen atoms in total. The van der Waals surface area contributed by atoms with Gasteiger partial charge in [0.15, 0.2) is 0 Å². The molecule has 1 heterocycles. The zero-order chi connectivity index (χ0) is 14.4. The lowest BCUT2D eigenvalue weighted by Crippen LogP contribution is -2.50. The maximum Gasteiger partial charge on any atom is 0.234 e. The lowest BCUT2D eigenvalue weighted by Gasteiger charge is -2.36. The van der Waals surface area contributed by atoms with E-state index in [0.717, 1.165) is 32.2 Å². The molecule has 0 aromatic rings. The van der Waals surface area contributed by atoms with E-state index in [-0.39, 0.29) is 11.9 Å². The van der Waals surface area contributed by atoms with E-state index in [1.807, 2.05) is 0 Å². The number of nitrogens with zero attached hydrogens (tertiary/aromatic N) is 1. The van der Waals surface area contributed by atoms with Gasteiger partial charge in [0.1, 0.15) is 0 Å². The Morgan fingerprint density at radius 2 is 2.05 bits per heavy atom. The van der Waals surface area contributed by atoms with E-state index in [1.165, 1.54) is 0 Å². The zero-order valence-corrected chi connectivity index (χ0v) is 13.0. The van der Waals surface area contributed by atoms with Crippen LogP contribution in [-0.2, 0) is 4.79 Å². The van der Waals surface area contributed by atoms with E-state index in [0.29, 0.717) is 24.5 Å². The number of hydrogen-bond donors (Lipinski definition) is 2. The van der Waals surface area contributed by atoms with Crippen LogP contribution in [0.25, 0.3) is 0 Å². The Morgan fingerprint density at radius 3 is 2.63 bits per heavy atom. The molecular weight excluding hydrogens is 238 g/mol. The summed E-state index contributed by atoms with van der Waals surface area (Å²) in [5.74, 6) is 0.849. The summed E-state index contributed by atoms with van der Waals surface area (Å²) in [7, 11) is 0. The first-order valence-electron chi connectivity index (χ1n) is 7.67. The molecule has 0 aromatic carbocycles. The molecule has 1 amide bonds. The summed E-state index contributed by atoms with van der Waals surface area (Å²) < 4.78 is 0. The largest absolute Gasteiger partial charge is 0.353 e. The summed E-state index contributed by atoms with van der Waals surface area (Å²) >= 11 is 0. The smallest absolute Gasteiger partial charge is 0.234 e. The number of amides is 1. The molecule has 3 N–H and O–H groups in total. The number of hydrogen-bond acceptors (Lipinski definition) is 3. The highest BCUT2D eigenvalue weighted by atomic mass is 16.2. The third kappa shape index (κ3) is 6.39. The number of nitrogens with two attached hydrogens (primary N) is 1. The van der Waals surface area contributed by atoms with Gasteiger partial charge >= 0.3 is 0 Å². The van der Waals surface area contributed by atoms with E-state index in [2.05, 4.69) is 37.9 Å². The van der Waals surface area contributed by atoms with Gasteiger partial charge in [-0.05, 0) is 45.4 Å². The summed E-state index contributed by atoms with van der Waals surface area (Å²) in [6, 6.07) is 0.997. The van der Waals surface area contributed by atoms with Crippen LogP contribution < -0.4 is 11.1 Å². The molecule has 19 heavy (non-hydrogen) atoms. The monoisotopic (exact) mass is 269 g/mol. The maximum atomic E-state index is 12.0. The Balaban J connectivity index is 2.26. The molecule has 0 bridgehead atoms. The second kappa shape index (κ2) is 7.85. The third-order valence-electron chi connectivity index (χ3n) is 3.99. The normalized spacial score (nSPS) is 26.4. The molecular formula is C15H31N3O. The lowest BCUT2D eigenvalue weighted by molar-refractivity contribution is -0.123. The van der Waals surface area contributed by atoms with Crippen LogP contribution in [0.4, 0.5) is 0 Å². The topological polar surface area (TPSA) is 58.4 Å². The van der Waals surface area contributed by atoms with Crippen LogP contribution >= 0.6 is 0 Å². The van der Waals surface area contributed by atoms with Gasteiger partial charge in [-0.3, -0.25) is 9.69 Å².